The Hall–Kier alpha value is -0.790. The molecule has 1 rings (SSSR count). The van der Waals surface area contributed by atoms with Crippen molar-refractivity contribution in [3.05, 3.63) is 18.7 Å². The maximum atomic E-state index is 3.94. The number of unbranched alkanes of at least 4 members (excludes halogenated alkanes) is 1. The SMILES string of the molecule is CC.CC.CCCCn1ccnc1. The van der Waals surface area contributed by atoms with E-state index >= 15 is 0 Å². The van der Waals surface area contributed by atoms with Gasteiger partial charge in [0.2, 0.25) is 0 Å². The summed E-state index contributed by atoms with van der Waals surface area (Å²) in [6.07, 6.45) is 8.16. The molecule has 2 nitrogen and oxygen atoms in total. The van der Waals surface area contributed by atoms with E-state index in [0.29, 0.717) is 0 Å². The fraction of sp³-hybridized carbons (Fsp3) is 0.727. The van der Waals surface area contributed by atoms with E-state index in [0.717, 1.165) is 6.54 Å². The zero-order valence-electron chi connectivity index (χ0n) is 9.75. The minimum atomic E-state index is 1.11. The van der Waals surface area contributed by atoms with E-state index in [9.17, 15) is 0 Å². The fourth-order valence-corrected chi connectivity index (χ4v) is 0.760. The number of nitrogens with zero attached hydrogens (tertiary/aromatic N) is 2. The molecule has 1 aromatic rings. The van der Waals surface area contributed by atoms with Crippen LogP contribution in [-0.2, 0) is 6.54 Å². The first-order valence-corrected chi connectivity index (χ1v) is 5.39. The van der Waals surface area contributed by atoms with Crippen LogP contribution in [0.4, 0.5) is 0 Å². The zero-order chi connectivity index (χ0) is 10.5. The number of aromatic nitrogens is 2. The van der Waals surface area contributed by atoms with Crippen LogP contribution < -0.4 is 0 Å². The quantitative estimate of drug-likeness (QED) is 0.699. The molecule has 0 aliphatic rings. The molecule has 0 N–H and O–H groups in total. The van der Waals surface area contributed by atoms with Crippen molar-refractivity contribution < 1.29 is 0 Å². The van der Waals surface area contributed by atoms with Crippen molar-refractivity contribution >= 4 is 0 Å². The van der Waals surface area contributed by atoms with Crippen LogP contribution in [0.15, 0.2) is 18.7 Å². The molecule has 0 aliphatic carbocycles. The molecular weight excluding hydrogens is 160 g/mol. The van der Waals surface area contributed by atoms with E-state index in [1.807, 2.05) is 46.4 Å². The predicted octanol–water partition coefficient (Wildman–Crippen LogP) is 3.74. The molecule has 0 aliphatic heterocycles. The summed E-state index contributed by atoms with van der Waals surface area (Å²) < 4.78 is 2.10. The summed E-state index contributed by atoms with van der Waals surface area (Å²) in [6.45, 7) is 11.3. The first-order valence-electron chi connectivity index (χ1n) is 5.39. The number of aryl methyl sites for hydroxylation is 1. The third kappa shape index (κ3) is 9.12. The summed E-state index contributed by atoms with van der Waals surface area (Å²) in [5.41, 5.74) is 0. The fourth-order valence-electron chi connectivity index (χ4n) is 0.760. The molecule has 0 fully saturated rings. The average molecular weight is 184 g/mol. The van der Waals surface area contributed by atoms with Crippen molar-refractivity contribution in [2.45, 2.75) is 54.0 Å². The van der Waals surface area contributed by atoms with Gasteiger partial charge in [0.25, 0.3) is 0 Å². The maximum Gasteiger partial charge on any atom is 0.0945 e. The van der Waals surface area contributed by atoms with Crippen LogP contribution in [0.25, 0.3) is 0 Å². The largest absolute Gasteiger partial charge is 0.337 e. The normalized spacial score (nSPS) is 7.77. The Kier molecular flexibility index (Phi) is 15.6. The maximum absolute atomic E-state index is 3.94. The Bertz CT molecular complexity index is 145. The molecule has 0 saturated carbocycles. The van der Waals surface area contributed by atoms with Gasteiger partial charge in [0.15, 0.2) is 0 Å². The smallest absolute Gasteiger partial charge is 0.0945 e. The molecule has 2 heteroatoms. The van der Waals surface area contributed by atoms with Gasteiger partial charge < -0.3 is 4.57 Å². The molecule has 0 spiro atoms. The van der Waals surface area contributed by atoms with E-state index in [4.69, 9.17) is 0 Å². The van der Waals surface area contributed by atoms with Crippen molar-refractivity contribution in [3.63, 3.8) is 0 Å². The molecule has 1 heterocycles. The Labute approximate surface area is 83.0 Å². The molecule has 0 saturated heterocycles. The second kappa shape index (κ2) is 13.8. The van der Waals surface area contributed by atoms with Gasteiger partial charge >= 0.3 is 0 Å². The van der Waals surface area contributed by atoms with Gasteiger partial charge in [-0.15, -0.1) is 0 Å². The van der Waals surface area contributed by atoms with Crippen LogP contribution in [0.3, 0.4) is 0 Å². The molecule has 0 aromatic carbocycles. The molecule has 78 valence electrons. The van der Waals surface area contributed by atoms with Gasteiger partial charge in [0.1, 0.15) is 0 Å². The zero-order valence-corrected chi connectivity index (χ0v) is 9.75. The summed E-state index contributed by atoms with van der Waals surface area (Å²) in [5, 5.41) is 0. The standard InChI is InChI=1S/C7H12N2.2C2H6/c1-2-3-5-9-6-4-8-7-9;2*1-2/h4,6-7H,2-3,5H2,1H3;2*1-2H3. The second-order valence-electron chi connectivity index (χ2n) is 2.15. The minimum absolute atomic E-state index is 1.11. The van der Waals surface area contributed by atoms with Gasteiger partial charge in [0.05, 0.1) is 6.33 Å². The summed E-state index contributed by atoms with van der Waals surface area (Å²) in [6, 6.07) is 0. The van der Waals surface area contributed by atoms with Gasteiger partial charge in [-0.1, -0.05) is 41.0 Å². The lowest BCUT2D eigenvalue weighted by molar-refractivity contribution is 0.631. The molecule has 1 aromatic heterocycles. The summed E-state index contributed by atoms with van der Waals surface area (Å²) in [5.74, 6) is 0. The lowest BCUT2D eigenvalue weighted by Gasteiger charge is -1.96. The van der Waals surface area contributed by atoms with Crippen molar-refractivity contribution in [1.82, 2.24) is 9.55 Å². The van der Waals surface area contributed by atoms with Crippen molar-refractivity contribution in [3.8, 4) is 0 Å². The van der Waals surface area contributed by atoms with Crippen molar-refractivity contribution in [2.75, 3.05) is 0 Å². The van der Waals surface area contributed by atoms with Crippen molar-refractivity contribution in [2.24, 2.45) is 0 Å². The van der Waals surface area contributed by atoms with Crippen LogP contribution in [0, 0.1) is 0 Å². The van der Waals surface area contributed by atoms with Gasteiger partial charge in [-0.25, -0.2) is 4.98 Å². The van der Waals surface area contributed by atoms with Gasteiger partial charge in [-0.3, -0.25) is 0 Å². The lowest BCUT2D eigenvalue weighted by Crippen LogP contribution is -1.92. The van der Waals surface area contributed by atoms with Gasteiger partial charge in [0, 0.05) is 18.9 Å². The third-order valence-corrected chi connectivity index (χ3v) is 1.33. The van der Waals surface area contributed by atoms with E-state index in [1.165, 1.54) is 12.8 Å². The Balaban J connectivity index is 0. The molecule has 0 unspecified atom stereocenters. The lowest BCUT2D eigenvalue weighted by atomic mass is 10.3. The number of rotatable bonds is 3. The Morgan fingerprint density at radius 1 is 1.15 bits per heavy atom. The monoisotopic (exact) mass is 184 g/mol. The molecule has 0 atom stereocenters. The topological polar surface area (TPSA) is 17.8 Å². The van der Waals surface area contributed by atoms with Gasteiger partial charge in [-0.2, -0.15) is 0 Å². The average Bonchev–Trinajstić information content (AvgIpc) is 2.73. The third-order valence-electron chi connectivity index (χ3n) is 1.33. The van der Waals surface area contributed by atoms with Crippen LogP contribution in [0.1, 0.15) is 47.5 Å². The number of imidazole rings is 1. The minimum Gasteiger partial charge on any atom is -0.337 e. The summed E-state index contributed by atoms with van der Waals surface area (Å²) in [7, 11) is 0. The van der Waals surface area contributed by atoms with Crippen LogP contribution in [0.2, 0.25) is 0 Å². The first-order chi connectivity index (χ1) is 6.43. The molecule has 13 heavy (non-hydrogen) atoms. The number of hydrogen-bond acceptors (Lipinski definition) is 1. The van der Waals surface area contributed by atoms with E-state index < -0.39 is 0 Å². The van der Waals surface area contributed by atoms with E-state index in [1.54, 1.807) is 0 Å². The highest BCUT2D eigenvalue weighted by atomic mass is 15.0. The first kappa shape index (κ1) is 14.7. The summed E-state index contributed by atoms with van der Waals surface area (Å²) >= 11 is 0. The second-order valence-corrected chi connectivity index (χ2v) is 2.15. The van der Waals surface area contributed by atoms with Gasteiger partial charge in [-0.05, 0) is 6.42 Å². The number of hydrogen-bond donors (Lipinski definition) is 0. The summed E-state index contributed by atoms with van der Waals surface area (Å²) in [4.78, 5) is 3.94. The highest BCUT2D eigenvalue weighted by molar-refractivity contribution is 4.73. The van der Waals surface area contributed by atoms with E-state index in [-0.39, 0.29) is 0 Å². The molecular formula is C11H24N2. The predicted molar refractivity (Wildman–Crippen MR) is 59.8 cm³/mol. The van der Waals surface area contributed by atoms with Crippen LogP contribution >= 0.6 is 0 Å². The highest BCUT2D eigenvalue weighted by Crippen LogP contribution is 1.92. The molecule has 0 amide bonds. The van der Waals surface area contributed by atoms with Crippen LogP contribution in [-0.4, -0.2) is 9.55 Å². The molecule has 0 radical (unpaired) electrons. The van der Waals surface area contributed by atoms with Crippen molar-refractivity contribution in [1.29, 1.82) is 0 Å². The van der Waals surface area contributed by atoms with Crippen LogP contribution in [0.5, 0.6) is 0 Å². The highest BCUT2D eigenvalue weighted by Gasteiger charge is 1.85. The van der Waals surface area contributed by atoms with E-state index in [2.05, 4.69) is 16.5 Å². The Morgan fingerprint density at radius 2 is 1.77 bits per heavy atom. The Morgan fingerprint density at radius 3 is 2.15 bits per heavy atom. The molecule has 0 bridgehead atoms.